The monoisotopic (exact) mass is 413 g/mol. The summed E-state index contributed by atoms with van der Waals surface area (Å²) in [4.78, 5) is 20.2. The maximum Gasteiger partial charge on any atom is 0.416 e. The number of benzene rings is 1. The van der Waals surface area contributed by atoms with Crippen molar-refractivity contribution in [3.63, 3.8) is 0 Å². The Morgan fingerprint density at radius 1 is 1.31 bits per heavy atom. The highest BCUT2D eigenvalue weighted by molar-refractivity contribution is 5.81. The van der Waals surface area contributed by atoms with Crippen LogP contribution in [0.1, 0.15) is 30.4 Å². The molecule has 0 radical (unpaired) electrons. The van der Waals surface area contributed by atoms with Crippen molar-refractivity contribution >= 4 is 11.9 Å². The van der Waals surface area contributed by atoms with Crippen molar-refractivity contribution in [2.75, 3.05) is 40.8 Å². The van der Waals surface area contributed by atoms with E-state index in [2.05, 4.69) is 20.5 Å². The van der Waals surface area contributed by atoms with Crippen LogP contribution in [0.2, 0.25) is 0 Å². The summed E-state index contributed by atoms with van der Waals surface area (Å²) in [6.45, 7) is 2.63. The number of likely N-dealkylation sites (tertiary alicyclic amines) is 1. The minimum Gasteiger partial charge on any atom is -0.356 e. The summed E-state index contributed by atoms with van der Waals surface area (Å²) in [7, 11) is 5.18. The van der Waals surface area contributed by atoms with Gasteiger partial charge in [-0.05, 0) is 43.5 Å². The normalized spacial score (nSPS) is 18.0. The lowest BCUT2D eigenvalue weighted by atomic mass is 10.1. The fourth-order valence-electron chi connectivity index (χ4n) is 3.42. The van der Waals surface area contributed by atoms with Crippen molar-refractivity contribution in [2.45, 2.75) is 38.0 Å². The molecular weight excluding hydrogens is 383 g/mol. The van der Waals surface area contributed by atoms with E-state index in [0.717, 1.165) is 44.5 Å². The molecule has 1 unspecified atom stereocenters. The quantitative estimate of drug-likeness (QED) is 0.409. The van der Waals surface area contributed by atoms with Crippen molar-refractivity contribution in [2.24, 2.45) is 4.99 Å². The first kappa shape index (κ1) is 23.0. The fraction of sp³-hybridized carbons (Fsp3) is 0.600. The summed E-state index contributed by atoms with van der Waals surface area (Å²) in [6.07, 6.45) is -1.60. The number of rotatable bonds is 7. The van der Waals surface area contributed by atoms with Crippen molar-refractivity contribution < 1.29 is 18.0 Å². The lowest BCUT2D eigenvalue weighted by Gasteiger charge is -2.26. The minimum absolute atomic E-state index is 0.0386. The number of aliphatic imine (C=N–C) groups is 1. The topological polar surface area (TPSA) is 60.0 Å². The van der Waals surface area contributed by atoms with E-state index < -0.39 is 11.7 Å². The van der Waals surface area contributed by atoms with Crippen LogP contribution in [0.15, 0.2) is 29.3 Å². The smallest absolute Gasteiger partial charge is 0.356 e. The average Bonchev–Trinajstić information content (AvgIpc) is 3.14. The van der Waals surface area contributed by atoms with Crippen LogP contribution in [0.5, 0.6) is 0 Å². The van der Waals surface area contributed by atoms with Gasteiger partial charge in [0.05, 0.1) is 11.6 Å². The molecule has 0 saturated carbocycles. The number of amides is 1. The molecule has 1 saturated heterocycles. The second kappa shape index (κ2) is 10.5. The molecule has 1 amide bonds. The van der Waals surface area contributed by atoms with Crippen LogP contribution in [0.3, 0.4) is 0 Å². The number of carbonyl (C=O) groups is 1. The molecule has 1 aliphatic rings. The van der Waals surface area contributed by atoms with Gasteiger partial charge < -0.3 is 15.5 Å². The molecule has 0 aromatic heterocycles. The lowest BCUT2D eigenvalue weighted by molar-refractivity contribution is -0.137. The molecule has 1 aliphatic heterocycles. The number of nitrogens with one attached hydrogen (secondary N) is 2. The molecule has 6 nitrogen and oxygen atoms in total. The molecule has 9 heteroatoms. The van der Waals surface area contributed by atoms with E-state index in [1.54, 1.807) is 32.1 Å². The maximum atomic E-state index is 12.8. The first-order valence-corrected chi connectivity index (χ1v) is 9.78. The number of nitrogens with zero attached hydrogens (tertiary/aromatic N) is 3. The van der Waals surface area contributed by atoms with Crippen LogP contribution in [0.4, 0.5) is 13.2 Å². The average molecular weight is 413 g/mol. The van der Waals surface area contributed by atoms with Gasteiger partial charge in [0.15, 0.2) is 5.96 Å². The van der Waals surface area contributed by atoms with E-state index in [1.807, 2.05) is 0 Å². The summed E-state index contributed by atoms with van der Waals surface area (Å²) >= 11 is 0. The van der Waals surface area contributed by atoms with Gasteiger partial charge in [0.2, 0.25) is 5.91 Å². The number of carbonyl (C=O) groups excluding carboxylic acids is 1. The molecule has 1 atom stereocenters. The first-order chi connectivity index (χ1) is 13.7. The molecule has 2 rings (SSSR count). The second-order valence-corrected chi connectivity index (χ2v) is 7.33. The number of hydrogen-bond donors (Lipinski definition) is 2. The highest BCUT2D eigenvalue weighted by Crippen LogP contribution is 2.29. The summed E-state index contributed by atoms with van der Waals surface area (Å²) < 4.78 is 38.4. The van der Waals surface area contributed by atoms with E-state index in [1.165, 1.54) is 6.07 Å². The number of hydrogen-bond acceptors (Lipinski definition) is 3. The number of halogens is 3. The van der Waals surface area contributed by atoms with Crippen molar-refractivity contribution in [3.8, 4) is 0 Å². The first-order valence-electron chi connectivity index (χ1n) is 9.78. The third-order valence-electron chi connectivity index (χ3n) is 4.94. The highest BCUT2D eigenvalue weighted by atomic mass is 19.4. The predicted molar refractivity (Wildman–Crippen MR) is 108 cm³/mol. The predicted octanol–water partition coefficient (Wildman–Crippen LogP) is 2.31. The zero-order valence-electron chi connectivity index (χ0n) is 17.2. The van der Waals surface area contributed by atoms with Gasteiger partial charge in [-0.15, -0.1) is 0 Å². The Morgan fingerprint density at radius 3 is 2.72 bits per heavy atom. The molecule has 0 spiro atoms. The van der Waals surface area contributed by atoms with E-state index in [0.29, 0.717) is 18.1 Å². The summed E-state index contributed by atoms with van der Waals surface area (Å²) in [5, 5.41) is 6.20. The molecule has 2 N–H and O–H groups in total. The SMILES string of the molecule is CN=C(NCCCN1CCCC1C(=O)N(C)C)NCc1cccc(C(F)(F)F)c1. The lowest BCUT2D eigenvalue weighted by Crippen LogP contribution is -2.44. The van der Waals surface area contributed by atoms with Gasteiger partial charge in [-0.1, -0.05) is 12.1 Å². The van der Waals surface area contributed by atoms with Gasteiger partial charge in [-0.3, -0.25) is 14.7 Å². The zero-order chi connectivity index (χ0) is 21.4. The van der Waals surface area contributed by atoms with Crippen LogP contribution >= 0.6 is 0 Å². The van der Waals surface area contributed by atoms with E-state index in [4.69, 9.17) is 0 Å². The van der Waals surface area contributed by atoms with E-state index in [9.17, 15) is 18.0 Å². The van der Waals surface area contributed by atoms with Gasteiger partial charge in [0, 0.05) is 40.8 Å². The molecule has 1 heterocycles. The standard InChI is InChI=1S/C20H30F3N5O/c1-24-19(26-14-15-7-4-8-16(13-15)20(21,22)23)25-10-6-12-28-11-5-9-17(28)18(29)27(2)3/h4,7-8,13,17H,5-6,9-12,14H2,1-3H3,(H2,24,25,26). The molecule has 29 heavy (non-hydrogen) atoms. The molecule has 1 aromatic carbocycles. The zero-order valence-corrected chi connectivity index (χ0v) is 17.2. The summed E-state index contributed by atoms with van der Waals surface area (Å²) in [5.41, 5.74) is -0.128. The number of likely N-dealkylation sites (N-methyl/N-ethyl adjacent to an activating group) is 1. The summed E-state index contributed by atoms with van der Waals surface area (Å²) in [6, 6.07) is 5.20. The Labute approximate surface area is 170 Å². The van der Waals surface area contributed by atoms with E-state index in [-0.39, 0.29) is 18.5 Å². The van der Waals surface area contributed by atoms with Crippen molar-refractivity contribution in [1.82, 2.24) is 20.4 Å². The third-order valence-corrected chi connectivity index (χ3v) is 4.94. The minimum atomic E-state index is -4.35. The number of alkyl halides is 3. The third kappa shape index (κ3) is 6.92. The van der Waals surface area contributed by atoms with Gasteiger partial charge in [-0.25, -0.2) is 0 Å². The Balaban J connectivity index is 1.75. The largest absolute Gasteiger partial charge is 0.416 e. The van der Waals surface area contributed by atoms with Gasteiger partial charge >= 0.3 is 6.18 Å². The molecular formula is C20H30F3N5O. The van der Waals surface area contributed by atoms with Crippen LogP contribution in [0, 0.1) is 0 Å². The van der Waals surface area contributed by atoms with Gasteiger partial charge in [0.25, 0.3) is 0 Å². The number of guanidine groups is 1. The van der Waals surface area contributed by atoms with Crippen LogP contribution in [-0.4, -0.2) is 68.5 Å². The molecule has 0 aliphatic carbocycles. The Kier molecular flexibility index (Phi) is 8.31. The molecule has 1 aromatic rings. The Hall–Kier alpha value is -2.29. The summed E-state index contributed by atoms with van der Waals surface area (Å²) in [5.74, 6) is 0.679. The fourth-order valence-corrected chi connectivity index (χ4v) is 3.42. The van der Waals surface area contributed by atoms with Crippen LogP contribution in [-0.2, 0) is 17.5 Å². The van der Waals surface area contributed by atoms with Crippen molar-refractivity contribution in [3.05, 3.63) is 35.4 Å². The maximum absolute atomic E-state index is 12.8. The molecule has 0 bridgehead atoms. The second-order valence-electron chi connectivity index (χ2n) is 7.33. The highest BCUT2D eigenvalue weighted by Gasteiger charge is 2.31. The van der Waals surface area contributed by atoms with Crippen LogP contribution < -0.4 is 10.6 Å². The van der Waals surface area contributed by atoms with Gasteiger partial charge in [0.1, 0.15) is 0 Å². The Morgan fingerprint density at radius 2 is 2.07 bits per heavy atom. The van der Waals surface area contributed by atoms with Crippen LogP contribution in [0.25, 0.3) is 0 Å². The van der Waals surface area contributed by atoms with E-state index >= 15 is 0 Å². The van der Waals surface area contributed by atoms with Gasteiger partial charge in [-0.2, -0.15) is 13.2 Å². The molecule has 1 fully saturated rings. The molecule has 162 valence electrons. The van der Waals surface area contributed by atoms with Crippen molar-refractivity contribution in [1.29, 1.82) is 0 Å². The Bertz CT molecular complexity index is 706.